The number of benzene rings is 1. The highest BCUT2D eigenvalue weighted by molar-refractivity contribution is 9.10. The van der Waals surface area contributed by atoms with Crippen LogP contribution in [0.2, 0.25) is 5.15 Å². The third kappa shape index (κ3) is 3.13. The second-order valence-electron chi connectivity index (χ2n) is 3.75. The molecule has 0 aliphatic carbocycles. The molecule has 1 aromatic carbocycles. The molecular formula is C13H6BrClFN3O. The van der Waals surface area contributed by atoms with Crippen LogP contribution >= 0.6 is 27.5 Å². The molecule has 0 fully saturated rings. The number of hydrogen-bond acceptors (Lipinski definition) is 3. The van der Waals surface area contributed by atoms with Gasteiger partial charge in [0.15, 0.2) is 0 Å². The number of carbonyl (C=O) groups is 1. The van der Waals surface area contributed by atoms with Crippen molar-refractivity contribution in [2.24, 2.45) is 0 Å². The van der Waals surface area contributed by atoms with E-state index in [4.69, 9.17) is 16.9 Å². The fourth-order valence-corrected chi connectivity index (χ4v) is 1.99. The molecule has 0 radical (unpaired) electrons. The van der Waals surface area contributed by atoms with Gasteiger partial charge in [-0.3, -0.25) is 4.79 Å². The van der Waals surface area contributed by atoms with E-state index in [1.807, 2.05) is 0 Å². The van der Waals surface area contributed by atoms with Crippen LogP contribution in [0.3, 0.4) is 0 Å². The summed E-state index contributed by atoms with van der Waals surface area (Å²) in [6.07, 6.45) is 1.46. The average Bonchev–Trinajstić information content (AvgIpc) is 2.43. The minimum atomic E-state index is -0.646. The SMILES string of the molecule is N#Cc1cc(NC(=O)c2cc(Br)cnc2Cl)ccc1F. The molecule has 7 heteroatoms. The first-order valence-corrected chi connectivity index (χ1v) is 6.50. The summed E-state index contributed by atoms with van der Waals surface area (Å²) in [5, 5.41) is 11.3. The molecule has 0 atom stereocenters. The Hall–Kier alpha value is -1.97. The Labute approximate surface area is 127 Å². The average molecular weight is 355 g/mol. The van der Waals surface area contributed by atoms with Crippen LogP contribution in [0.25, 0.3) is 0 Å². The summed E-state index contributed by atoms with van der Waals surface area (Å²) >= 11 is 9.02. The van der Waals surface area contributed by atoms with Crippen LogP contribution in [-0.2, 0) is 0 Å². The minimum Gasteiger partial charge on any atom is -0.322 e. The zero-order valence-corrected chi connectivity index (χ0v) is 12.2. The molecule has 0 aliphatic heterocycles. The third-order valence-corrected chi connectivity index (χ3v) is 3.13. The summed E-state index contributed by atoms with van der Waals surface area (Å²) < 4.78 is 13.8. The number of hydrogen-bond donors (Lipinski definition) is 1. The molecule has 4 nitrogen and oxygen atoms in total. The first-order valence-electron chi connectivity index (χ1n) is 5.33. The number of halogens is 3. The number of nitrogens with zero attached hydrogens (tertiary/aromatic N) is 2. The van der Waals surface area contributed by atoms with Gasteiger partial charge in [-0.25, -0.2) is 9.37 Å². The summed E-state index contributed by atoms with van der Waals surface area (Å²) in [6, 6.07) is 6.91. The van der Waals surface area contributed by atoms with E-state index in [9.17, 15) is 9.18 Å². The van der Waals surface area contributed by atoms with Crippen molar-refractivity contribution < 1.29 is 9.18 Å². The van der Waals surface area contributed by atoms with Crippen molar-refractivity contribution in [1.82, 2.24) is 4.98 Å². The van der Waals surface area contributed by atoms with Crippen molar-refractivity contribution in [3.8, 4) is 6.07 Å². The molecule has 2 rings (SSSR count). The molecule has 0 saturated heterocycles. The quantitative estimate of drug-likeness (QED) is 0.835. The predicted octanol–water partition coefficient (Wildman–Crippen LogP) is 3.76. The number of pyridine rings is 1. The summed E-state index contributed by atoms with van der Waals surface area (Å²) in [7, 11) is 0. The lowest BCUT2D eigenvalue weighted by molar-refractivity contribution is 0.102. The van der Waals surface area contributed by atoms with Crippen LogP contribution in [-0.4, -0.2) is 10.9 Å². The Morgan fingerprint density at radius 3 is 2.90 bits per heavy atom. The number of rotatable bonds is 2. The minimum absolute atomic E-state index is 0.0494. The molecule has 0 aliphatic rings. The first kappa shape index (κ1) is 14.4. The molecule has 20 heavy (non-hydrogen) atoms. The van der Waals surface area contributed by atoms with Gasteiger partial charge in [-0.05, 0) is 40.2 Å². The van der Waals surface area contributed by atoms with Crippen LogP contribution in [0.15, 0.2) is 34.9 Å². The smallest absolute Gasteiger partial charge is 0.258 e. The summed E-state index contributed by atoms with van der Waals surface area (Å²) in [4.78, 5) is 15.9. The number of nitrogens with one attached hydrogen (secondary N) is 1. The van der Waals surface area contributed by atoms with Crippen LogP contribution in [0.1, 0.15) is 15.9 Å². The first-order chi connectivity index (χ1) is 9.51. The molecular weight excluding hydrogens is 349 g/mol. The van der Waals surface area contributed by atoms with Crippen LogP contribution in [0, 0.1) is 17.1 Å². The molecule has 0 saturated carbocycles. The van der Waals surface area contributed by atoms with Gasteiger partial charge in [0.1, 0.15) is 17.0 Å². The van der Waals surface area contributed by atoms with Crippen molar-refractivity contribution in [1.29, 1.82) is 5.26 Å². The Kier molecular flexibility index (Phi) is 4.32. The van der Waals surface area contributed by atoms with E-state index in [1.165, 1.54) is 24.4 Å². The van der Waals surface area contributed by atoms with Crippen molar-refractivity contribution >= 4 is 39.1 Å². The zero-order valence-electron chi connectivity index (χ0n) is 9.82. The molecule has 0 unspecified atom stereocenters. The fraction of sp³-hybridized carbons (Fsp3) is 0. The number of anilines is 1. The van der Waals surface area contributed by atoms with Gasteiger partial charge in [0, 0.05) is 16.4 Å². The molecule has 2 aromatic rings. The van der Waals surface area contributed by atoms with Crippen LogP contribution in [0.5, 0.6) is 0 Å². The van der Waals surface area contributed by atoms with Crippen molar-refractivity contribution in [3.05, 3.63) is 57.0 Å². The lowest BCUT2D eigenvalue weighted by atomic mass is 10.2. The van der Waals surface area contributed by atoms with E-state index >= 15 is 0 Å². The maximum atomic E-state index is 13.2. The second-order valence-corrected chi connectivity index (χ2v) is 5.03. The standard InChI is InChI=1S/C13H6BrClFN3O/c14-8-4-10(12(15)18-6-8)13(20)19-9-1-2-11(16)7(3-9)5-17/h1-4,6H,(H,19,20). The van der Waals surface area contributed by atoms with Gasteiger partial charge in [-0.1, -0.05) is 11.6 Å². The zero-order chi connectivity index (χ0) is 14.7. The Bertz CT molecular complexity index is 730. The van der Waals surface area contributed by atoms with Crippen molar-refractivity contribution in [3.63, 3.8) is 0 Å². The lowest BCUT2D eigenvalue weighted by Crippen LogP contribution is -2.13. The highest BCUT2D eigenvalue weighted by Crippen LogP contribution is 2.20. The molecule has 1 aromatic heterocycles. The van der Waals surface area contributed by atoms with Gasteiger partial charge >= 0.3 is 0 Å². The highest BCUT2D eigenvalue weighted by atomic mass is 79.9. The van der Waals surface area contributed by atoms with E-state index in [0.29, 0.717) is 10.2 Å². The number of aromatic nitrogens is 1. The van der Waals surface area contributed by atoms with Crippen molar-refractivity contribution in [2.75, 3.05) is 5.32 Å². The predicted molar refractivity (Wildman–Crippen MR) is 76.0 cm³/mol. The van der Waals surface area contributed by atoms with E-state index in [1.54, 1.807) is 6.07 Å². The van der Waals surface area contributed by atoms with Gasteiger partial charge in [0.25, 0.3) is 5.91 Å². The largest absolute Gasteiger partial charge is 0.322 e. The molecule has 0 bridgehead atoms. The molecule has 1 amide bonds. The Morgan fingerprint density at radius 1 is 1.45 bits per heavy atom. The molecule has 1 N–H and O–H groups in total. The summed E-state index contributed by atoms with van der Waals surface area (Å²) in [5.41, 5.74) is 0.314. The highest BCUT2D eigenvalue weighted by Gasteiger charge is 2.13. The molecule has 0 spiro atoms. The maximum Gasteiger partial charge on any atom is 0.258 e. The van der Waals surface area contributed by atoms with Crippen LogP contribution < -0.4 is 5.32 Å². The number of nitriles is 1. The van der Waals surface area contributed by atoms with E-state index in [2.05, 4.69) is 26.2 Å². The van der Waals surface area contributed by atoms with Gasteiger partial charge in [0.2, 0.25) is 0 Å². The van der Waals surface area contributed by atoms with E-state index in [-0.39, 0.29) is 16.3 Å². The summed E-state index contributed by atoms with van der Waals surface area (Å²) in [5.74, 6) is -1.15. The van der Waals surface area contributed by atoms with Crippen LogP contribution in [0.4, 0.5) is 10.1 Å². The topological polar surface area (TPSA) is 65.8 Å². The normalized spacial score (nSPS) is 9.90. The monoisotopic (exact) mass is 353 g/mol. The molecule has 1 heterocycles. The Balaban J connectivity index is 2.28. The fourth-order valence-electron chi connectivity index (χ4n) is 1.47. The maximum absolute atomic E-state index is 13.2. The Morgan fingerprint density at radius 2 is 2.20 bits per heavy atom. The molecule has 100 valence electrons. The second kappa shape index (κ2) is 5.99. The van der Waals surface area contributed by atoms with E-state index in [0.717, 1.165) is 6.07 Å². The van der Waals surface area contributed by atoms with Crippen molar-refractivity contribution in [2.45, 2.75) is 0 Å². The summed E-state index contributed by atoms with van der Waals surface area (Å²) in [6.45, 7) is 0. The van der Waals surface area contributed by atoms with Gasteiger partial charge in [-0.15, -0.1) is 0 Å². The van der Waals surface area contributed by atoms with Gasteiger partial charge in [0.05, 0.1) is 11.1 Å². The number of amides is 1. The number of carbonyl (C=O) groups excluding carboxylic acids is 1. The van der Waals surface area contributed by atoms with E-state index < -0.39 is 11.7 Å². The van der Waals surface area contributed by atoms with Gasteiger partial charge in [-0.2, -0.15) is 5.26 Å². The third-order valence-electron chi connectivity index (χ3n) is 2.40. The van der Waals surface area contributed by atoms with Gasteiger partial charge < -0.3 is 5.32 Å². The lowest BCUT2D eigenvalue weighted by Gasteiger charge is -2.07.